The Bertz CT molecular complexity index is 2370. The van der Waals surface area contributed by atoms with Crippen molar-refractivity contribution in [3.8, 4) is 33.8 Å². The molecule has 2 aromatic carbocycles. The number of hydrogen-bond donors (Lipinski definition) is 4. The Morgan fingerprint density at radius 1 is 0.721 bits per heavy atom. The summed E-state index contributed by atoms with van der Waals surface area (Å²) >= 11 is 0. The lowest BCUT2D eigenvalue weighted by molar-refractivity contribution is -0.137. The molecule has 16 heteroatoms. The summed E-state index contributed by atoms with van der Waals surface area (Å²) in [7, 11) is 2.59. The van der Waals surface area contributed by atoms with E-state index in [2.05, 4.69) is 32.7 Å². The molecule has 5 aromatic rings. The van der Waals surface area contributed by atoms with E-state index >= 15 is 0 Å². The number of nitrogens with zero attached hydrogens (tertiary/aromatic N) is 5. The molecule has 8 rings (SSSR count). The Labute approximate surface area is 354 Å². The summed E-state index contributed by atoms with van der Waals surface area (Å²) in [6, 6.07) is 16.5. The van der Waals surface area contributed by atoms with E-state index in [0.717, 1.165) is 76.2 Å². The number of aromatic amines is 2. The highest BCUT2D eigenvalue weighted by molar-refractivity contribution is 5.88. The average molecular weight is 832 g/mol. The van der Waals surface area contributed by atoms with Crippen molar-refractivity contribution >= 4 is 34.9 Å². The molecule has 4 unspecified atom stereocenters. The van der Waals surface area contributed by atoms with Crippen LogP contribution >= 0.6 is 0 Å². The van der Waals surface area contributed by atoms with Gasteiger partial charge in [-0.3, -0.25) is 9.59 Å². The van der Waals surface area contributed by atoms with Gasteiger partial charge in [-0.2, -0.15) is 0 Å². The summed E-state index contributed by atoms with van der Waals surface area (Å²) in [6.07, 6.45) is 6.96. The number of fused-ring (bicyclic) bond motifs is 1. The molecule has 3 fully saturated rings. The van der Waals surface area contributed by atoms with Crippen molar-refractivity contribution in [3.63, 3.8) is 0 Å². The molecule has 0 radical (unpaired) electrons. The summed E-state index contributed by atoms with van der Waals surface area (Å²) in [6.45, 7) is 6.08. The van der Waals surface area contributed by atoms with Gasteiger partial charge in [-0.15, -0.1) is 0 Å². The van der Waals surface area contributed by atoms with E-state index in [1.54, 1.807) is 17.3 Å². The van der Waals surface area contributed by atoms with E-state index in [0.29, 0.717) is 45.0 Å². The largest absolute Gasteiger partial charge is 0.453 e. The maximum absolute atomic E-state index is 14.0. The van der Waals surface area contributed by atoms with Gasteiger partial charge in [0, 0.05) is 42.8 Å². The van der Waals surface area contributed by atoms with Crippen LogP contribution in [-0.2, 0) is 23.8 Å². The molecule has 3 aromatic heterocycles. The van der Waals surface area contributed by atoms with Gasteiger partial charge in [-0.25, -0.2) is 24.5 Å². The lowest BCUT2D eigenvalue weighted by Crippen LogP contribution is -2.53. The lowest BCUT2D eigenvalue weighted by Gasteiger charge is -2.34. The molecule has 0 spiro atoms. The first-order chi connectivity index (χ1) is 29.6. The third kappa shape index (κ3) is 8.81. The number of nitrogens with one attached hydrogen (secondary N) is 4. The number of aromatic nitrogens is 5. The molecule has 6 heterocycles. The third-order valence-corrected chi connectivity index (χ3v) is 12.2. The van der Waals surface area contributed by atoms with Crippen molar-refractivity contribution in [2.75, 3.05) is 40.5 Å². The normalized spacial score (nSPS) is 19.2. The number of benzene rings is 2. The number of likely N-dealkylation sites (tertiary alicyclic amines) is 2. The van der Waals surface area contributed by atoms with Crippen LogP contribution in [0.2, 0.25) is 0 Å². The average Bonchev–Trinajstić information content (AvgIpc) is 4.14. The van der Waals surface area contributed by atoms with E-state index in [1.165, 1.54) is 14.2 Å². The predicted molar refractivity (Wildman–Crippen MR) is 227 cm³/mol. The van der Waals surface area contributed by atoms with Crippen molar-refractivity contribution in [3.05, 3.63) is 78.6 Å². The van der Waals surface area contributed by atoms with Crippen LogP contribution in [0.15, 0.2) is 67.0 Å². The second-order valence-corrected chi connectivity index (χ2v) is 16.3. The predicted octanol–water partition coefficient (Wildman–Crippen LogP) is 6.54. The fourth-order valence-corrected chi connectivity index (χ4v) is 8.88. The fourth-order valence-electron chi connectivity index (χ4n) is 8.88. The van der Waals surface area contributed by atoms with E-state index in [4.69, 9.17) is 29.2 Å². The summed E-state index contributed by atoms with van der Waals surface area (Å²) in [5.74, 6) is 1.02. The first-order valence-corrected chi connectivity index (χ1v) is 21.1. The van der Waals surface area contributed by atoms with Gasteiger partial charge in [0.2, 0.25) is 11.8 Å². The molecular weight excluding hydrogens is 779 g/mol. The number of imidazole rings is 2. The van der Waals surface area contributed by atoms with Gasteiger partial charge in [-0.05, 0) is 74.1 Å². The van der Waals surface area contributed by atoms with Crippen molar-refractivity contribution < 1.29 is 33.4 Å². The molecule has 4 atom stereocenters. The summed E-state index contributed by atoms with van der Waals surface area (Å²) in [4.78, 5) is 76.8. The molecular formula is C45H53N9O7. The monoisotopic (exact) mass is 831 g/mol. The molecule has 3 aliphatic heterocycles. The minimum atomic E-state index is -0.697. The van der Waals surface area contributed by atoms with Gasteiger partial charge in [0.1, 0.15) is 23.7 Å². The number of methoxy groups -OCH3 is 2. The number of alkyl carbamates (subject to hydrolysis) is 2. The topological polar surface area (TPSA) is 197 Å². The Hall–Kier alpha value is -6.29. The van der Waals surface area contributed by atoms with E-state index in [9.17, 15) is 19.2 Å². The number of carbonyl (C=O) groups excluding carboxylic acids is 4. The third-order valence-electron chi connectivity index (χ3n) is 12.2. The zero-order chi connectivity index (χ0) is 42.6. The molecule has 0 saturated carbocycles. The second kappa shape index (κ2) is 18.1. The zero-order valence-electron chi connectivity index (χ0n) is 35.0. The fraction of sp³-hybridized carbons (Fsp3) is 0.444. The minimum Gasteiger partial charge on any atom is -0.453 e. The van der Waals surface area contributed by atoms with Gasteiger partial charge in [0.25, 0.3) is 0 Å². The van der Waals surface area contributed by atoms with E-state index in [-0.39, 0.29) is 35.7 Å². The van der Waals surface area contributed by atoms with Crippen molar-refractivity contribution in [1.29, 1.82) is 0 Å². The van der Waals surface area contributed by atoms with Crippen LogP contribution in [0.25, 0.3) is 44.7 Å². The Kier molecular flexibility index (Phi) is 12.3. The van der Waals surface area contributed by atoms with Crippen LogP contribution in [0.3, 0.4) is 0 Å². The summed E-state index contributed by atoms with van der Waals surface area (Å²) in [5.41, 5.74) is 6.26. The molecule has 16 nitrogen and oxygen atoms in total. The highest BCUT2D eigenvalue weighted by Gasteiger charge is 2.40. The highest BCUT2D eigenvalue weighted by Crippen LogP contribution is 2.36. The first kappa shape index (κ1) is 41.4. The van der Waals surface area contributed by atoms with Crippen molar-refractivity contribution in [1.82, 2.24) is 45.4 Å². The minimum absolute atomic E-state index is 0.0316. The van der Waals surface area contributed by atoms with E-state index in [1.807, 2.05) is 61.2 Å². The standard InChI is InChI=1S/C45H53N9O7/c1-26(2)38(51-44(57)59-3)42(55)53-19-5-7-36(53)41-47-25-35(50-41)31-14-16-33-30(23-31)13-15-32(48-33)27-9-11-28(12-10-27)34-24-46-40(49-34)37-8-6-20-54(37)43(56)39(52-45(58)60-4)29-17-21-61-22-18-29/h9-16,23-26,29,36-39H,5-8,17-22H2,1-4H3,(H,46,49)(H,47,50)(H,51,57)(H,52,58). The molecule has 3 aliphatic rings. The van der Waals surface area contributed by atoms with E-state index < -0.39 is 24.3 Å². The number of carbonyl (C=O) groups is 4. The first-order valence-electron chi connectivity index (χ1n) is 21.1. The Morgan fingerprint density at radius 2 is 1.30 bits per heavy atom. The number of hydrogen-bond acceptors (Lipinski definition) is 10. The number of pyridine rings is 1. The quantitative estimate of drug-likeness (QED) is 0.113. The second-order valence-electron chi connectivity index (χ2n) is 16.3. The SMILES string of the molecule is COC(=O)NC(C(=O)N1CCCC1c1ncc(-c2ccc3nc(-c4ccc(-c5cnc(C6CCCN6C(=O)C(NC(=O)OC)C6CCOCC6)[nH]5)cc4)ccc3c2)[nH]1)C(C)C. The van der Waals surface area contributed by atoms with Crippen molar-refractivity contribution in [2.24, 2.45) is 11.8 Å². The van der Waals surface area contributed by atoms with Gasteiger partial charge in [0.15, 0.2) is 0 Å². The zero-order valence-corrected chi connectivity index (χ0v) is 35.0. The summed E-state index contributed by atoms with van der Waals surface area (Å²) < 4.78 is 15.2. The maximum Gasteiger partial charge on any atom is 0.407 e. The van der Waals surface area contributed by atoms with Crippen LogP contribution in [0.5, 0.6) is 0 Å². The number of rotatable bonds is 11. The smallest absolute Gasteiger partial charge is 0.407 e. The van der Waals surface area contributed by atoms with Crippen LogP contribution in [0.4, 0.5) is 9.59 Å². The number of H-pyrrole nitrogens is 2. The van der Waals surface area contributed by atoms with Gasteiger partial charge < -0.3 is 44.6 Å². The van der Waals surface area contributed by atoms with Crippen LogP contribution < -0.4 is 10.6 Å². The Balaban J connectivity index is 0.935. The maximum atomic E-state index is 14.0. The van der Waals surface area contributed by atoms with Gasteiger partial charge >= 0.3 is 12.2 Å². The van der Waals surface area contributed by atoms with Crippen LogP contribution in [-0.4, -0.2) is 111 Å². The van der Waals surface area contributed by atoms with Crippen molar-refractivity contribution in [2.45, 2.75) is 76.5 Å². The molecule has 4 amide bonds. The lowest BCUT2D eigenvalue weighted by atomic mass is 9.90. The van der Waals surface area contributed by atoms with Gasteiger partial charge in [-0.1, -0.05) is 50.2 Å². The number of ether oxygens (including phenoxy) is 3. The molecule has 61 heavy (non-hydrogen) atoms. The van der Waals surface area contributed by atoms with Crippen LogP contribution in [0.1, 0.15) is 76.1 Å². The summed E-state index contributed by atoms with van der Waals surface area (Å²) in [5, 5.41) is 6.48. The molecule has 0 bridgehead atoms. The highest BCUT2D eigenvalue weighted by atomic mass is 16.5. The molecule has 320 valence electrons. The van der Waals surface area contributed by atoms with Crippen LogP contribution in [0, 0.1) is 11.8 Å². The molecule has 4 N–H and O–H groups in total. The van der Waals surface area contributed by atoms with Gasteiger partial charge in [0.05, 0.1) is 61.3 Å². The molecule has 3 saturated heterocycles. The number of amides is 4. The Morgan fingerprint density at radius 3 is 1.92 bits per heavy atom. The molecule has 0 aliphatic carbocycles.